The van der Waals surface area contributed by atoms with Crippen LogP contribution in [-0.2, 0) is 18.8 Å². The Morgan fingerprint density at radius 3 is 2.05 bits per heavy atom. The lowest BCUT2D eigenvalue weighted by molar-refractivity contribution is -0.151. The Balaban J connectivity index is 1.47. The third-order valence-electron chi connectivity index (χ3n) is 10.6. The minimum Gasteiger partial charge on any atom is -0.415 e. The summed E-state index contributed by atoms with van der Waals surface area (Å²) in [5, 5.41) is 0.0357. The van der Waals surface area contributed by atoms with Crippen molar-refractivity contribution in [2.24, 2.45) is 16.9 Å². The van der Waals surface area contributed by atoms with Crippen molar-refractivity contribution in [1.29, 1.82) is 0 Å². The Labute approximate surface area is 256 Å². The summed E-state index contributed by atoms with van der Waals surface area (Å²) < 4.78 is 6.37. The molecular weight excluding hydrogens is 568 g/mol. The Morgan fingerprint density at radius 2 is 1.53 bits per heavy atom. The van der Waals surface area contributed by atoms with Gasteiger partial charge in [0.15, 0.2) is 8.32 Å². The van der Waals surface area contributed by atoms with E-state index in [9.17, 15) is 24.0 Å². The van der Waals surface area contributed by atoms with Gasteiger partial charge in [0.25, 0.3) is 17.7 Å². The first kappa shape index (κ1) is 33.0. The molecule has 0 radical (unpaired) electrons. The number of nitrogens with two attached hydrogens (primary N) is 2. The first-order chi connectivity index (χ1) is 20.0. The third kappa shape index (κ3) is 5.47. The van der Waals surface area contributed by atoms with Gasteiger partial charge in [-0.2, -0.15) is 0 Å². The number of imide groups is 3. The summed E-state index contributed by atoms with van der Waals surface area (Å²) in [4.78, 5) is 72.0. The molecule has 7 amide bonds. The minimum atomic E-state index is -2.02. The van der Waals surface area contributed by atoms with Gasteiger partial charge < -0.3 is 20.8 Å². The molecule has 0 aromatic rings. The van der Waals surface area contributed by atoms with Crippen LogP contribution in [0.15, 0.2) is 11.4 Å². The van der Waals surface area contributed by atoms with E-state index >= 15 is 0 Å². The predicted octanol–water partition coefficient (Wildman–Crippen LogP) is 3.47. The summed E-state index contributed by atoms with van der Waals surface area (Å²) in [6.07, 6.45) is 4.94. The molecule has 2 aliphatic carbocycles. The summed E-state index contributed by atoms with van der Waals surface area (Å²) in [6, 6.07) is -1.28. The molecule has 0 unspecified atom stereocenters. The maximum absolute atomic E-state index is 13.6. The molecule has 2 spiro atoms. The molecule has 43 heavy (non-hydrogen) atoms. The number of nitrogens with zero attached hydrogens (tertiary/aromatic N) is 4. The number of hydrogen-bond acceptors (Lipinski definition) is 8. The van der Waals surface area contributed by atoms with Crippen LogP contribution in [0.5, 0.6) is 0 Å². The standard InChI is InChI=1S/C30H50N6O6Si/c1-8-10-15-34-23(37)21(22(31)32)24(38)36(27(34)41)20-11-13-29(14-12-20)18-30(19-29)25(39)33(9-2)26(40)35(30)16-17-42-43(6,7)28(3,4)5/h20H,8-19,31-32H2,1-7H3. The number of likely N-dealkylation sites (N-methyl/N-ethyl adjacent to an activating group) is 1. The van der Waals surface area contributed by atoms with Crippen LogP contribution in [0.3, 0.4) is 0 Å². The van der Waals surface area contributed by atoms with Crippen LogP contribution in [0, 0.1) is 5.41 Å². The predicted molar refractivity (Wildman–Crippen MR) is 164 cm³/mol. The summed E-state index contributed by atoms with van der Waals surface area (Å²) >= 11 is 0. The van der Waals surface area contributed by atoms with Crippen LogP contribution in [-0.4, -0.2) is 95.5 Å². The summed E-state index contributed by atoms with van der Waals surface area (Å²) in [7, 11) is -2.02. The van der Waals surface area contributed by atoms with Gasteiger partial charge in [0.1, 0.15) is 16.9 Å². The van der Waals surface area contributed by atoms with Crippen molar-refractivity contribution in [3.05, 3.63) is 11.4 Å². The molecule has 12 nitrogen and oxygen atoms in total. The first-order valence-corrected chi connectivity index (χ1v) is 18.6. The van der Waals surface area contributed by atoms with E-state index in [1.807, 2.05) is 13.8 Å². The van der Waals surface area contributed by atoms with Gasteiger partial charge in [-0.25, -0.2) is 9.59 Å². The van der Waals surface area contributed by atoms with Crippen molar-refractivity contribution in [2.75, 3.05) is 26.2 Å². The van der Waals surface area contributed by atoms with Crippen LogP contribution in [0.25, 0.3) is 0 Å². The summed E-state index contributed by atoms with van der Waals surface area (Å²) in [5.41, 5.74) is 10.1. The van der Waals surface area contributed by atoms with Crippen molar-refractivity contribution in [3.8, 4) is 0 Å². The monoisotopic (exact) mass is 618 g/mol. The fourth-order valence-electron chi connectivity index (χ4n) is 7.07. The highest BCUT2D eigenvalue weighted by atomic mass is 28.4. The molecule has 2 saturated carbocycles. The minimum absolute atomic E-state index is 0.0357. The molecule has 2 heterocycles. The van der Waals surface area contributed by atoms with Crippen molar-refractivity contribution in [1.82, 2.24) is 19.6 Å². The van der Waals surface area contributed by atoms with Crippen LogP contribution in [0.1, 0.15) is 86.0 Å². The number of urea groups is 2. The van der Waals surface area contributed by atoms with E-state index in [4.69, 9.17) is 15.9 Å². The van der Waals surface area contributed by atoms with Crippen LogP contribution < -0.4 is 11.5 Å². The molecule has 4 rings (SSSR count). The van der Waals surface area contributed by atoms with Gasteiger partial charge in [0, 0.05) is 25.7 Å². The summed E-state index contributed by atoms with van der Waals surface area (Å²) in [5.74, 6) is -2.00. The highest BCUT2D eigenvalue weighted by molar-refractivity contribution is 6.74. The Morgan fingerprint density at radius 1 is 0.930 bits per heavy atom. The lowest BCUT2D eigenvalue weighted by Gasteiger charge is -2.59. The Bertz CT molecular complexity index is 1210. The van der Waals surface area contributed by atoms with Gasteiger partial charge in [-0.1, -0.05) is 34.1 Å². The van der Waals surface area contributed by atoms with Crippen LogP contribution in [0.2, 0.25) is 18.1 Å². The van der Waals surface area contributed by atoms with Gasteiger partial charge in [-0.3, -0.25) is 29.1 Å². The fourth-order valence-corrected chi connectivity index (χ4v) is 8.10. The highest BCUT2D eigenvalue weighted by Gasteiger charge is 2.68. The molecule has 4 N–H and O–H groups in total. The average Bonchev–Trinajstić information content (AvgIpc) is 3.09. The topological polar surface area (TPSA) is 160 Å². The average molecular weight is 619 g/mol. The number of hydrogen-bond donors (Lipinski definition) is 2. The molecule has 2 aliphatic heterocycles. The molecule has 13 heteroatoms. The summed E-state index contributed by atoms with van der Waals surface area (Å²) in [6.45, 7) is 15.9. The van der Waals surface area contributed by atoms with Crippen molar-refractivity contribution < 1.29 is 28.4 Å². The Kier molecular flexibility index (Phi) is 8.84. The first-order valence-electron chi connectivity index (χ1n) is 15.7. The quantitative estimate of drug-likeness (QED) is 0.172. The van der Waals surface area contributed by atoms with Gasteiger partial charge in [-0.05, 0) is 75.4 Å². The number of unbranched alkanes of at least 4 members (excludes halogenated alkanes) is 1. The van der Waals surface area contributed by atoms with E-state index in [0.717, 1.165) is 11.3 Å². The third-order valence-corrected chi connectivity index (χ3v) is 15.1. The second-order valence-corrected chi connectivity index (χ2v) is 19.1. The zero-order valence-corrected chi connectivity index (χ0v) is 28.0. The molecule has 2 saturated heterocycles. The number of carbonyl (C=O) groups is 5. The van der Waals surface area contributed by atoms with Crippen molar-refractivity contribution >= 4 is 38.1 Å². The maximum atomic E-state index is 13.6. The largest absolute Gasteiger partial charge is 0.415 e. The smallest absolute Gasteiger partial charge is 0.334 e. The van der Waals surface area contributed by atoms with Gasteiger partial charge in [0.05, 0.1) is 6.61 Å². The molecule has 0 bridgehead atoms. The molecule has 4 fully saturated rings. The molecule has 240 valence electrons. The van der Waals surface area contributed by atoms with E-state index in [1.165, 1.54) is 9.80 Å². The van der Waals surface area contributed by atoms with Crippen LogP contribution in [0.4, 0.5) is 9.59 Å². The Hall–Kier alpha value is -2.93. The second kappa shape index (κ2) is 11.5. The molecule has 4 aliphatic rings. The number of amides is 7. The second-order valence-electron chi connectivity index (χ2n) is 14.3. The molecule has 0 aromatic heterocycles. The highest BCUT2D eigenvalue weighted by Crippen LogP contribution is 2.61. The zero-order valence-electron chi connectivity index (χ0n) is 27.0. The normalized spacial score (nSPS) is 28.6. The van der Waals surface area contributed by atoms with E-state index in [-0.39, 0.29) is 40.3 Å². The fraction of sp³-hybridized carbons (Fsp3) is 0.767. The van der Waals surface area contributed by atoms with E-state index in [0.29, 0.717) is 64.6 Å². The maximum Gasteiger partial charge on any atom is 0.334 e. The number of carbonyl (C=O) groups excluding carboxylic acids is 5. The van der Waals surface area contributed by atoms with Gasteiger partial charge in [0.2, 0.25) is 0 Å². The lowest BCUT2D eigenvalue weighted by Crippen LogP contribution is -2.66. The van der Waals surface area contributed by atoms with E-state index in [2.05, 4.69) is 33.9 Å². The number of barbiturate groups is 1. The van der Waals surface area contributed by atoms with Crippen molar-refractivity contribution in [2.45, 2.75) is 116 Å². The lowest BCUT2D eigenvalue weighted by atomic mass is 9.51. The molecule has 0 atom stereocenters. The molecular formula is C30H50N6O6Si. The van der Waals surface area contributed by atoms with E-state index in [1.54, 1.807) is 4.90 Å². The zero-order chi connectivity index (χ0) is 32.1. The van der Waals surface area contributed by atoms with Gasteiger partial charge in [-0.15, -0.1) is 0 Å². The van der Waals surface area contributed by atoms with E-state index < -0.39 is 37.7 Å². The van der Waals surface area contributed by atoms with Gasteiger partial charge >= 0.3 is 12.1 Å². The SMILES string of the molecule is CCCCN1C(=O)C(=C(N)N)C(=O)N(C2CCC3(CC2)CC2(C3)C(=O)N(CC)C(=O)N2CCO[Si](C)(C)C(C)(C)C)C1=O. The molecule has 0 aromatic carbocycles. The van der Waals surface area contributed by atoms with Crippen molar-refractivity contribution in [3.63, 3.8) is 0 Å². The van der Waals surface area contributed by atoms with Crippen LogP contribution >= 0.6 is 0 Å². The number of rotatable bonds is 9.